The van der Waals surface area contributed by atoms with Crippen LogP contribution in [-0.4, -0.2) is 28.2 Å². The number of aromatic amines is 1. The molecule has 1 amide bonds. The second-order valence-electron chi connectivity index (χ2n) is 4.55. The summed E-state index contributed by atoms with van der Waals surface area (Å²) in [7, 11) is 0. The number of hydrogen-bond donors (Lipinski definition) is 3. The van der Waals surface area contributed by atoms with E-state index in [0.717, 1.165) is 37.9 Å². The highest BCUT2D eigenvalue weighted by molar-refractivity contribution is 5.97. The predicted octanol–water partition coefficient (Wildman–Crippen LogP) is 1.44. The number of hydrogen-bond acceptors (Lipinski definition) is 3. The van der Waals surface area contributed by atoms with Crippen LogP contribution in [-0.2, 0) is 11.2 Å². The van der Waals surface area contributed by atoms with Crippen LogP contribution in [0.25, 0.3) is 0 Å². The van der Waals surface area contributed by atoms with Gasteiger partial charge in [0.2, 0.25) is 5.91 Å². The van der Waals surface area contributed by atoms with E-state index in [-0.39, 0.29) is 5.91 Å². The molecule has 1 atom stereocenters. The summed E-state index contributed by atoms with van der Waals surface area (Å²) in [4.78, 5) is 12.2. The van der Waals surface area contributed by atoms with Crippen molar-refractivity contribution in [1.29, 1.82) is 0 Å². The van der Waals surface area contributed by atoms with Crippen LogP contribution in [0, 0.1) is 0 Å². The second kappa shape index (κ2) is 4.87. The third-order valence-electron chi connectivity index (χ3n) is 3.54. The maximum atomic E-state index is 12.2. The Kier molecular flexibility index (Phi) is 3.47. The molecule has 1 aliphatic heterocycles. The van der Waals surface area contributed by atoms with Gasteiger partial charge < -0.3 is 10.6 Å². The highest BCUT2D eigenvalue weighted by atomic mass is 16.2. The number of amides is 1. The zero-order valence-corrected chi connectivity index (χ0v) is 10.5. The fourth-order valence-electron chi connectivity index (χ4n) is 2.31. The van der Waals surface area contributed by atoms with Gasteiger partial charge in [-0.3, -0.25) is 9.89 Å². The predicted molar refractivity (Wildman–Crippen MR) is 66.9 cm³/mol. The minimum Gasteiger partial charge on any atom is -0.308 e. The van der Waals surface area contributed by atoms with Gasteiger partial charge in [-0.2, -0.15) is 5.10 Å². The number of carbonyl (C=O) groups excluding carboxylic acids is 1. The zero-order valence-electron chi connectivity index (χ0n) is 10.5. The maximum Gasteiger partial charge on any atom is 0.245 e. The summed E-state index contributed by atoms with van der Waals surface area (Å²) in [6.45, 7) is 5.01. The molecule has 1 unspecified atom stereocenters. The van der Waals surface area contributed by atoms with E-state index in [1.807, 2.05) is 19.9 Å². The van der Waals surface area contributed by atoms with Gasteiger partial charge >= 0.3 is 0 Å². The number of carbonyl (C=O) groups is 1. The number of anilines is 1. The molecule has 0 saturated carbocycles. The molecule has 1 fully saturated rings. The van der Waals surface area contributed by atoms with E-state index in [1.165, 1.54) is 0 Å². The number of aromatic nitrogens is 2. The molecular formula is C12H20N4O. The molecule has 1 aliphatic rings. The molecule has 0 radical (unpaired) electrons. The zero-order chi connectivity index (χ0) is 12.3. The third-order valence-corrected chi connectivity index (χ3v) is 3.54. The molecule has 1 aromatic rings. The number of aryl methyl sites for hydroxylation is 1. The van der Waals surface area contributed by atoms with Crippen molar-refractivity contribution in [2.24, 2.45) is 0 Å². The summed E-state index contributed by atoms with van der Waals surface area (Å²) < 4.78 is 0. The highest BCUT2D eigenvalue weighted by Crippen LogP contribution is 2.24. The fourth-order valence-corrected chi connectivity index (χ4v) is 2.31. The van der Waals surface area contributed by atoms with Crippen molar-refractivity contribution < 1.29 is 4.79 Å². The lowest BCUT2D eigenvalue weighted by Gasteiger charge is -2.25. The molecule has 3 N–H and O–H groups in total. The van der Waals surface area contributed by atoms with Gasteiger partial charge in [-0.15, -0.1) is 0 Å². The lowest BCUT2D eigenvalue weighted by Crippen LogP contribution is -2.50. The average molecular weight is 236 g/mol. The van der Waals surface area contributed by atoms with Crippen LogP contribution in [0.2, 0.25) is 0 Å². The quantitative estimate of drug-likeness (QED) is 0.741. The molecule has 0 aliphatic carbocycles. The van der Waals surface area contributed by atoms with Gasteiger partial charge in [-0.1, -0.05) is 13.8 Å². The van der Waals surface area contributed by atoms with Crippen molar-refractivity contribution in [3.05, 3.63) is 11.8 Å². The van der Waals surface area contributed by atoms with Crippen LogP contribution >= 0.6 is 0 Å². The molecule has 0 spiro atoms. The van der Waals surface area contributed by atoms with Crippen molar-refractivity contribution in [2.75, 3.05) is 11.9 Å². The molecule has 0 aromatic carbocycles. The van der Waals surface area contributed by atoms with E-state index in [0.29, 0.717) is 5.82 Å². The van der Waals surface area contributed by atoms with Crippen molar-refractivity contribution in [3.63, 3.8) is 0 Å². The normalized spacial score (nSPS) is 23.9. The average Bonchev–Trinajstić information content (AvgIpc) is 2.97. The van der Waals surface area contributed by atoms with Crippen LogP contribution < -0.4 is 10.6 Å². The minimum atomic E-state index is -0.397. The molecule has 1 aromatic heterocycles. The maximum absolute atomic E-state index is 12.2. The van der Waals surface area contributed by atoms with E-state index in [4.69, 9.17) is 0 Å². The number of nitrogens with zero attached hydrogens (tertiary/aromatic N) is 1. The van der Waals surface area contributed by atoms with Gasteiger partial charge in [0.15, 0.2) is 5.82 Å². The molecule has 5 nitrogen and oxygen atoms in total. The topological polar surface area (TPSA) is 69.8 Å². The monoisotopic (exact) mass is 236 g/mol. The molecule has 1 saturated heterocycles. The molecule has 94 valence electrons. The van der Waals surface area contributed by atoms with E-state index in [9.17, 15) is 4.79 Å². The summed E-state index contributed by atoms with van der Waals surface area (Å²) in [5.41, 5.74) is 0.635. The Bertz CT molecular complexity index is 393. The minimum absolute atomic E-state index is 0.0339. The summed E-state index contributed by atoms with van der Waals surface area (Å²) in [6.07, 6.45) is 3.66. The van der Waals surface area contributed by atoms with Crippen molar-refractivity contribution in [1.82, 2.24) is 15.5 Å². The van der Waals surface area contributed by atoms with Gasteiger partial charge in [0.25, 0.3) is 0 Å². The van der Waals surface area contributed by atoms with Crippen LogP contribution in [0.1, 0.15) is 38.8 Å². The molecular weight excluding hydrogens is 216 g/mol. The van der Waals surface area contributed by atoms with Gasteiger partial charge in [0.05, 0.1) is 5.54 Å². The lowest BCUT2D eigenvalue weighted by atomic mass is 9.93. The van der Waals surface area contributed by atoms with Crippen LogP contribution in [0.4, 0.5) is 5.82 Å². The first kappa shape index (κ1) is 12.1. The van der Waals surface area contributed by atoms with E-state index in [2.05, 4.69) is 20.8 Å². The summed E-state index contributed by atoms with van der Waals surface area (Å²) in [6, 6.07) is 1.89. The van der Waals surface area contributed by atoms with Gasteiger partial charge in [-0.25, -0.2) is 0 Å². The van der Waals surface area contributed by atoms with Crippen molar-refractivity contribution in [2.45, 2.75) is 45.1 Å². The molecule has 2 heterocycles. The SMILES string of the molecule is CCc1cc(NC(=O)C2(CC)CCCN2)n[nH]1. The lowest BCUT2D eigenvalue weighted by molar-refractivity contribution is -0.122. The Morgan fingerprint density at radius 1 is 1.59 bits per heavy atom. The number of nitrogens with one attached hydrogen (secondary N) is 3. The van der Waals surface area contributed by atoms with Crippen LogP contribution in [0.5, 0.6) is 0 Å². The Hall–Kier alpha value is -1.36. The fraction of sp³-hybridized carbons (Fsp3) is 0.667. The van der Waals surface area contributed by atoms with E-state index >= 15 is 0 Å². The second-order valence-corrected chi connectivity index (χ2v) is 4.55. The van der Waals surface area contributed by atoms with Crippen LogP contribution in [0.15, 0.2) is 6.07 Å². The van der Waals surface area contributed by atoms with Gasteiger partial charge in [0, 0.05) is 11.8 Å². The van der Waals surface area contributed by atoms with E-state index in [1.54, 1.807) is 0 Å². The Balaban J connectivity index is 2.05. The van der Waals surface area contributed by atoms with Crippen molar-refractivity contribution >= 4 is 11.7 Å². The number of rotatable bonds is 4. The van der Waals surface area contributed by atoms with Gasteiger partial charge in [0.1, 0.15) is 0 Å². The third kappa shape index (κ3) is 2.34. The molecule has 5 heteroatoms. The summed E-state index contributed by atoms with van der Waals surface area (Å²) in [5.74, 6) is 0.653. The Morgan fingerprint density at radius 3 is 2.94 bits per heavy atom. The number of H-pyrrole nitrogens is 1. The molecule has 17 heavy (non-hydrogen) atoms. The highest BCUT2D eigenvalue weighted by Gasteiger charge is 2.39. The van der Waals surface area contributed by atoms with E-state index < -0.39 is 5.54 Å². The van der Waals surface area contributed by atoms with Crippen LogP contribution in [0.3, 0.4) is 0 Å². The molecule has 2 rings (SSSR count). The summed E-state index contributed by atoms with van der Waals surface area (Å²) >= 11 is 0. The Labute approximate surface area is 101 Å². The van der Waals surface area contributed by atoms with Crippen molar-refractivity contribution in [3.8, 4) is 0 Å². The summed E-state index contributed by atoms with van der Waals surface area (Å²) in [5, 5.41) is 13.2. The first-order valence-electron chi connectivity index (χ1n) is 6.31. The smallest absolute Gasteiger partial charge is 0.245 e. The first-order chi connectivity index (χ1) is 8.20. The first-order valence-corrected chi connectivity index (χ1v) is 6.31. The van der Waals surface area contributed by atoms with Gasteiger partial charge in [-0.05, 0) is 32.2 Å². The molecule has 0 bridgehead atoms. The largest absolute Gasteiger partial charge is 0.308 e. The Morgan fingerprint density at radius 2 is 2.41 bits per heavy atom. The standard InChI is InChI=1S/C12H20N4O/c1-3-9-8-10(16-15-9)14-11(17)12(4-2)6-5-7-13-12/h8,13H,3-7H2,1-2H3,(H2,14,15,16,17).